The molecule has 0 atom stereocenters. The topological polar surface area (TPSA) is 168 Å². The number of rotatable bonds is 8. The van der Waals surface area contributed by atoms with Crippen LogP contribution in [0.5, 0.6) is 0 Å². The summed E-state index contributed by atoms with van der Waals surface area (Å²) in [6.45, 7) is 0.336. The van der Waals surface area contributed by atoms with E-state index < -0.39 is 16.7 Å². The maximum absolute atomic E-state index is 12.7. The molecule has 4 aromatic heterocycles. The van der Waals surface area contributed by atoms with E-state index in [0.717, 1.165) is 5.56 Å². The summed E-state index contributed by atoms with van der Waals surface area (Å²) in [5.74, 6) is -0.995. The minimum absolute atomic E-state index is 0.0127. The first-order valence-corrected chi connectivity index (χ1v) is 10.6. The highest BCUT2D eigenvalue weighted by molar-refractivity contribution is 9.10. The molecule has 34 heavy (non-hydrogen) atoms. The molecule has 0 spiro atoms. The fourth-order valence-corrected chi connectivity index (χ4v) is 3.61. The Labute approximate surface area is 199 Å². The molecule has 2 amide bonds. The van der Waals surface area contributed by atoms with E-state index in [1.54, 1.807) is 37.2 Å². The lowest BCUT2D eigenvalue weighted by molar-refractivity contribution is -0.390. The number of halogens is 1. The molecule has 0 radical (unpaired) electrons. The molecule has 0 bridgehead atoms. The largest absolute Gasteiger partial charge is 0.454 e. The summed E-state index contributed by atoms with van der Waals surface area (Å²) in [5.41, 5.74) is 1.19. The minimum Gasteiger partial charge on any atom is -0.454 e. The van der Waals surface area contributed by atoms with Crippen LogP contribution in [0.15, 0.2) is 45.8 Å². The molecule has 0 aromatic carbocycles. The van der Waals surface area contributed by atoms with Crippen molar-refractivity contribution in [2.45, 2.75) is 13.1 Å². The fourth-order valence-electron chi connectivity index (χ4n) is 3.15. The van der Waals surface area contributed by atoms with Crippen LogP contribution in [0.1, 0.15) is 32.4 Å². The molecular weight excluding hydrogens is 514 g/mol. The summed E-state index contributed by atoms with van der Waals surface area (Å²) in [6.07, 6.45) is 6.22. The van der Waals surface area contributed by atoms with Gasteiger partial charge >= 0.3 is 5.82 Å². The number of furan rings is 1. The average molecular weight is 532 g/mol. The number of hydrogen-bond donors (Lipinski definition) is 2. The maximum Gasteiger partial charge on any atom is 0.404 e. The predicted octanol–water partition coefficient (Wildman–Crippen LogP) is 1.84. The third-order valence-corrected chi connectivity index (χ3v) is 5.25. The van der Waals surface area contributed by atoms with Gasteiger partial charge in [-0.2, -0.15) is 14.9 Å². The van der Waals surface area contributed by atoms with E-state index in [1.807, 2.05) is 0 Å². The Morgan fingerprint density at radius 2 is 1.97 bits per heavy atom. The van der Waals surface area contributed by atoms with Gasteiger partial charge in [-0.1, -0.05) is 0 Å². The number of hydrogen-bond acceptors (Lipinski definition) is 8. The Bertz CT molecular complexity index is 1380. The second-order valence-electron chi connectivity index (χ2n) is 7.21. The zero-order valence-electron chi connectivity index (χ0n) is 17.9. The normalized spacial score (nSPS) is 10.9. The van der Waals surface area contributed by atoms with Crippen LogP contribution in [0.2, 0.25) is 0 Å². The van der Waals surface area contributed by atoms with Crippen molar-refractivity contribution in [2.24, 2.45) is 14.1 Å². The van der Waals surface area contributed by atoms with Crippen LogP contribution in [0.4, 0.5) is 11.5 Å². The van der Waals surface area contributed by atoms with Crippen LogP contribution in [0.25, 0.3) is 0 Å². The second kappa shape index (κ2) is 9.30. The highest BCUT2D eigenvalue weighted by atomic mass is 79.9. The lowest BCUT2D eigenvalue weighted by Gasteiger charge is -2.07. The van der Waals surface area contributed by atoms with E-state index in [1.165, 1.54) is 27.8 Å². The number of amides is 2. The Morgan fingerprint density at radius 3 is 2.65 bits per heavy atom. The molecule has 0 saturated carbocycles. The van der Waals surface area contributed by atoms with Crippen molar-refractivity contribution in [3.63, 3.8) is 0 Å². The van der Waals surface area contributed by atoms with Gasteiger partial charge in [0.15, 0.2) is 5.76 Å². The summed E-state index contributed by atoms with van der Waals surface area (Å²) >= 11 is 3.08. The smallest absolute Gasteiger partial charge is 0.404 e. The summed E-state index contributed by atoms with van der Waals surface area (Å²) in [4.78, 5) is 35.7. The first-order chi connectivity index (χ1) is 16.2. The Hall–Kier alpha value is -4.27. The minimum atomic E-state index is -0.611. The molecular formula is C19H18BrN9O5. The Kier molecular flexibility index (Phi) is 6.27. The van der Waals surface area contributed by atoms with E-state index >= 15 is 0 Å². The van der Waals surface area contributed by atoms with Crippen LogP contribution < -0.4 is 10.6 Å². The average Bonchev–Trinajstić information content (AvgIpc) is 3.55. The van der Waals surface area contributed by atoms with Crippen molar-refractivity contribution in [2.75, 3.05) is 5.32 Å². The first kappa shape index (κ1) is 22.9. The molecule has 4 rings (SSSR count). The quantitative estimate of drug-likeness (QED) is 0.256. The van der Waals surface area contributed by atoms with Crippen molar-refractivity contribution in [3.05, 3.63) is 74.3 Å². The summed E-state index contributed by atoms with van der Waals surface area (Å²) in [7, 11) is 3.36. The van der Waals surface area contributed by atoms with Gasteiger partial charge in [-0.05, 0) is 33.0 Å². The van der Waals surface area contributed by atoms with E-state index in [4.69, 9.17) is 4.42 Å². The van der Waals surface area contributed by atoms with Crippen molar-refractivity contribution >= 4 is 39.2 Å². The molecule has 0 saturated heterocycles. The number of nitrogens with zero attached hydrogens (tertiary/aromatic N) is 7. The maximum atomic E-state index is 12.7. The molecule has 0 fully saturated rings. The monoisotopic (exact) mass is 531 g/mol. The number of aryl methyl sites for hydroxylation is 2. The van der Waals surface area contributed by atoms with Crippen LogP contribution in [0.3, 0.4) is 0 Å². The van der Waals surface area contributed by atoms with Crippen LogP contribution >= 0.6 is 15.9 Å². The lowest BCUT2D eigenvalue weighted by atomic mass is 10.3. The molecule has 0 aliphatic heterocycles. The summed E-state index contributed by atoms with van der Waals surface area (Å²) < 4.78 is 10.1. The molecule has 0 aliphatic rings. The van der Waals surface area contributed by atoms with Crippen molar-refractivity contribution < 1.29 is 18.9 Å². The molecule has 0 unspecified atom stereocenters. The third kappa shape index (κ3) is 4.88. The van der Waals surface area contributed by atoms with Crippen LogP contribution in [0, 0.1) is 10.1 Å². The molecule has 4 heterocycles. The van der Waals surface area contributed by atoms with Gasteiger partial charge in [-0.25, -0.2) is 0 Å². The lowest BCUT2D eigenvalue weighted by Crippen LogP contribution is -2.26. The highest BCUT2D eigenvalue weighted by Gasteiger charge is 2.22. The molecule has 14 nitrogen and oxygen atoms in total. The van der Waals surface area contributed by atoms with Crippen molar-refractivity contribution in [1.82, 2.24) is 34.7 Å². The van der Waals surface area contributed by atoms with Gasteiger partial charge in [0.2, 0.25) is 0 Å². The number of carbonyl (C=O) groups excluding carboxylic acids is 2. The van der Waals surface area contributed by atoms with Crippen molar-refractivity contribution in [1.29, 1.82) is 0 Å². The molecule has 0 aliphatic carbocycles. The van der Waals surface area contributed by atoms with E-state index in [2.05, 4.69) is 41.9 Å². The van der Waals surface area contributed by atoms with Crippen LogP contribution in [-0.2, 0) is 27.2 Å². The number of aromatic nitrogens is 6. The van der Waals surface area contributed by atoms with Crippen molar-refractivity contribution in [3.8, 4) is 0 Å². The van der Waals surface area contributed by atoms with Gasteiger partial charge in [0, 0.05) is 32.4 Å². The van der Waals surface area contributed by atoms with Crippen LogP contribution in [-0.4, -0.2) is 46.1 Å². The second-order valence-corrected chi connectivity index (χ2v) is 8.07. The molecule has 2 N–H and O–H groups in total. The highest BCUT2D eigenvalue weighted by Crippen LogP contribution is 2.23. The Balaban J connectivity index is 1.42. The van der Waals surface area contributed by atoms with Gasteiger partial charge in [0.1, 0.15) is 22.5 Å². The van der Waals surface area contributed by atoms with Gasteiger partial charge in [-0.15, -0.1) is 0 Å². The zero-order valence-corrected chi connectivity index (χ0v) is 19.5. The van der Waals surface area contributed by atoms with Gasteiger partial charge in [0.05, 0.1) is 29.4 Å². The van der Waals surface area contributed by atoms with E-state index in [9.17, 15) is 19.7 Å². The predicted molar refractivity (Wildman–Crippen MR) is 120 cm³/mol. The van der Waals surface area contributed by atoms with Gasteiger partial charge < -0.3 is 25.2 Å². The third-order valence-electron chi connectivity index (χ3n) is 4.69. The molecule has 15 heteroatoms. The zero-order chi connectivity index (χ0) is 24.4. The molecule has 4 aromatic rings. The molecule has 176 valence electrons. The van der Waals surface area contributed by atoms with Gasteiger partial charge in [-0.3, -0.25) is 19.0 Å². The number of carbonyl (C=O) groups is 2. The number of anilines is 1. The van der Waals surface area contributed by atoms with E-state index in [-0.39, 0.29) is 40.5 Å². The summed E-state index contributed by atoms with van der Waals surface area (Å²) in [6, 6.07) is 3.01. The number of nitrogens with one attached hydrogen (secondary N) is 2. The van der Waals surface area contributed by atoms with Gasteiger partial charge in [0.25, 0.3) is 11.8 Å². The first-order valence-electron chi connectivity index (χ1n) is 9.76. The standard InChI is InChI=1S/C19H18BrN9O5/c1-26-8-11(6-22-26)5-21-19(31)16-14(7-23-27(16)2)24-18(30)15-4-3-12(34-15)9-28-10-13(20)17(25-28)29(32)33/h3-4,6-8,10H,5,9H2,1-2H3,(H,21,31)(H,24,30). The number of nitro groups is 1. The SMILES string of the molecule is Cn1cc(CNC(=O)c2c(NC(=O)c3ccc(Cn4cc(Br)c([N+](=O)[O-])n4)o3)cnn2C)cn1. The fraction of sp³-hybridized carbons (Fsp3) is 0.211. The van der Waals surface area contributed by atoms with E-state index in [0.29, 0.717) is 5.76 Å². The Morgan fingerprint density at radius 1 is 1.18 bits per heavy atom. The summed E-state index contributed by atoms with van der Waals surface area (Å²) in [5, 5.41) is 28.3.